The Bertz CT molecular complexity index is 859. The van der Waals surface area contributed by atoms with Gasteiger partial charge in [0, 0.05) is 16.5 Å². The van der Waals surface area contributed by atoms with E-state index in [0.29, 0.717) is 0 Å². The number of hydrogen-bond acceptors (Lipinski definition) is 5. The summed E-state index contributed by atoms with van der Waals surface area (Å²) in [5, 5.41) is 4.83. The van der Waals surface area contributed by atoms with Gasteiger partial charge < -0.3 is 10.1 Å². The molecule has 134 valence electrons. The molecular weight excluding hydrogens is 360 g/mol. The molecule has 0 aliphatic heterocycles. The van der Waals surface area contributed by atoms with E-state index < -0.39 is 10.0 Å². The number of sulfonamides is 1. The summed E-state index contributed by atoms with van der Waals surface area (Å²) in [6.07, 6.45) is 1.67. The lowest BCUT2D eigenvalue weighted by Gasteiger charge is -2.14. The number of thiophene rings is 1. The maximum Gasteiger partial charge on any atom is 0.251 e. The molecule has 0 unspecified atom stereocenters. The van der Waals surface area contributed by atoms with Gasteiger partial charge in [0.2, 0.25) is 10.0 Å². The first-order valence-electron chi connectivity index (χ1n) is 7.95. The molecule has 1 heterocycles. The fraction of sp³-hybridized carbons (Fsp3) is 0.353. The molecule has 1 aliphatic rings. The number of nitrogens with one attached hydrogen (secondary N) is 2. The highest BCUT2D eigenvalue weighted by molar-refractivity contribution is 7.89. The fourth-order valence-corrected chi connectivity index (χ4v) is 4.64. The highest BCUT2D eigenvalue weighted by atomic mass is 32.2. The van der Waals surface area contributed by atoms with Crippen LogP contribution in [0.2, 0.25) is 0 Å². The Morgan fingerprint density at radius 1 is 1.32 bits per heavy atom. The normalized spacial score (nSPS) is 15.6. The van der Waals surface area contributed by atoms with E-state index in [4.69, 9.17) is 4.74 Å². The monoisotopic (exact) mass is 380 g/mol. The molecule has 1 amide bonds. The van der Waals surface area contributed by atoms with Gasteiger partial charge in [-0.05, 0) is 49.4 Å². The predicted octanol–water partition coefficient (Wildman–Crippen LogP) is 2.69. The molecule has 1 aliphatic carbocycles. The minimum absolute atomic E-state index is 0.0154. The predicted molar refractivity (Wildman–Crippen MR) is 96.5 cm³/mol. The van der Waals surface area contributed by atoms with Gasteiger partial charge in [-0.1, -0.05) is 6.07 Å². The summed E-state index contributed by atoms with van der Waals surface area (Å²) in [4.78, 5) is 13.5. The van der Waals surface area contributed by atoms with Crippen LogP contribution in [-0.4, -0.2) is 27.5 Å². The first-order chi connectivity index (χ1) is 11.9. The van der Waals surface area contributed by atoms with Gasteiger partial charge in [0.15, 0.2) is 0 Å². The van der Waals surface area contributed by atoms with Gasteiger partial charge in [0.1, 0.15) is 10.6 Å². The van der Waals surface area contributed by atoms with Crippen LogP contribution in [-0.2, 0) is 10.0 Å². The second-order valence-corrected chi connectivity index (χ2v) is 8.63. The van der Waals surface area contributed by atoms with E-state index in [1.807, 2.05) is 24.4 Å². The molecule has 2 aromatic rings. The number of rotatable bonds is 7. The van der Waals surface area contributed by atoms with Crippen LogP contribution >= 0.6 is 11.3 Å². The van der Waals surface area contributed by atoms with Crippen molar-refractivity contribution in [1.82, 2.24) is 10.0 Å². The van der Waals surface area contributed by atoms with Crippen LogP contribution in [0.1, 0.15) is 41.0 Å². The summed E-state index contributed by atoms with van der Waals surface area (Å²) in [7, 11) is -2.31. The molecule has 3 rings (SSSR count). The highest BCUT2D eigenvalue weighted by Gasteiger charge is 2.30. The van der Waals surface area contributed by atoms with Crippen molar-refractivity contribution in [3.05, 3.63) is 46.2 Å². The molecule has 2 N–H and O–H groups in total. The maximum absolute atomic E-state index is 12.5. The van der Waals surface area contributed by atoms with Gasteiger partial charge in [-0.3, -0.25) is 4.79 Å². The Labute approximate surface area is 151 Å². The number of carbonyl (C=O) groups is 1. The Hall–Kier alpha value is -1.90. The van der Waals surface area contributed by atoms with Crippen molar-refractivity contribution in [3.8, 4) is 5.75 Å². The minimum atomic E-state index is -3.72. The van der Waals surface area contributed by atoms with Crippen LogP contribution in [0.15, 0.2) is 40.6 Å². The Kier molecular flexibility index (Phi) is 5.12. The van der Waals surface area contributed by atoms with E-state index in [0.717, 1.165) is 17.7 Å². The van der Waals surface area contributed by atoms with E-state index in [1.54, 1.807) is 17.4 Å². The average Bonchev–Trinajstić information content (AvgIpc) is 3.21. The largest absolute Gasteiger partial charge is 0.495 e. The van der Waals surface area contributed by atoms with Crippen molar-refractivity contribution in [2.75, 3.05) is 7.11 Å². The van der Waals surface area contributed by atoms with Gasteiger partial charge in [-0.15, -0.1) is 11.3 Å². The first kappa shape index (κ1) is 17.9. The van der Waals surface area contributed by atoms with Crippen LogP contribution in [0.3, 0.4) is 0 Å². The van der Waals surface area contributed by atoms with E-state index in [1.165, 1.54) is 19.2 Å². The summed E-state index contributed by atoms with van der Waals surface area (Å²) in [5.41, 5.74) is 0.278. The lowest BCUT2D eigenvalue weighted by molar-refractivity contribution is 0.0940. The third kappa shape index (κ3) is 4.20. The molecule has 6 nitrogen and oxygen atoms in total. The molecular formula is C17H20N2O4S2. The molecule has 0 radical (unpaired) electrons. The maximum atomic E-state index is 12.5. The Balaban J connectivity index is 1.84. The quantitative estimate of drug-likeness (QED) is 0.773. The zero-order chi connectivity index (χ0) is 18.0. The Morgan fingerprint density at radius 3 is 2.68 bits per heavy atom. The highest BCUT2D eigenvalue weighted by Crippen LogP contribution is 2.28. The molecule has 8 heteroatoms. The van der Waals surface area contributed by atoms with Crippen LogP contribution in [0.25, 0.3) is 0 Å². The summed E-state index contributed by atoms with van der Waals surface area (Å²) >= 11 is 1.55. The molecule has 0 bridgehead atoms. The van der Waals surface area contributed by atoms with Crippen molar-refractivity contribution in [1.29, 1.82) is 0 Å². The standard InChI is InChI=1S/C17H20N2O4S2/c1-11(15-4-3-9-24-15)18-17(20)12-5-8-14(23-2)16(10-12)25(21,22)19-13-6-7-13/h3-5,8-11,13,19H,6-7H2,1-2H3,(H,18,20)/t11-/m0/s1. The summed E-state index contributed by atoms with van der Waals surface area (Å²) in [6.45, 7) is 1.89. The second-order valence-electron chi connectivity index (χ2n) is 5.97. The number of benzene rings is 1. The minimum Gasteiger partial charge on any atom is -0.495 e. The lowest BCUT2D eigenvalue weighted by Crippen LogP contribution is -2.28. The van der Waals surface area contributed by atoms with Crippen molar-refractivity contribution >= 4 is 27.3 Å². The number of hydrogen-bond donors (Lipinski definition) is 2. The molecule has 0 spiro atoms. The molecule has 1 aromatic heterocycles. The summed E-state index contributed by atoms with van der Waals surface area (Å²) in [5.74, 6) is -0.109. The molecule has 1 aromatic carbocycles. The SMILES string of the molecule is COc1ccc(C(=O)N[C@@H](C)c2cccs2)cc1S(=O)(=O)NC1CC1. The van der Waals surface area contributed by atoms with Gasteiger partial charge in [-0.2, -0.15) is 0 Å². The van der Waals surface area contributed by atoms with Crippen LogP contribution in [0.4, 0.5) is 0 Å². The van der Waals surface area contributed by atoms with Crippen molar-refractivity contribution in [2.45, 2.75) is 36.7 Å². The summed E-state index contributed by atoms with van der Waals surface area (Å²) in [6, 6.07) is 8.12. The van der Waals surface area contributed by atoms with Crippen LogP contribution < -0.4 is 14.8 Å². The third-order valence-corrected chi connectivity index (χ3v) is 6.53. The van der Waals surface area contributed by atoms with Crippen LogP contribution in [0.5, 0.6) is 5.75 Å². The number of carbonyl (C=O) groups excluding carboxylic acids is 1. The molecule has 1 saturated carbocycles. The number of amides is 1. The smallest absolute Gasteiger partial charge is 0.251 e. The van der Waals surface area contributed by atoms with Crippen LogP contribution in [0, 0.1) is 0 Å². The zero-order valence-electron chi connectivity index (χ0n) is 14.0. The number of ether oxygens (including phenoxy) is 1. The topological polar surface area (TPSA) is 84.5 Å². The third-order valence-electron chi connectivity index (χ3n) is 3.93. The molecule has 1 fully saturated rings. The van der Waals surface area contributed by atoms with Crippen molar-refractivity contribution in [3.63, 3.8) is 0 Å². The van der Waals surface area contributed by atoms with E-state index in [9.17, 15) is 13.2 Å². The van der Waals surface area contributed by atoms with Gasteiger partial charge in [0.25, 0.3) is 5.91 Å². The van der Waals surface area contributed by atoms with Crippen molar-refractivity contribution in [2.24, 2.45) is 0 Å². The van der Waals surface area contributed by atoms with E-state index in [-0.39, 0.29) is 34.2 Å². The zero-order valence-corrected chi connectivity index (χ0v) is 15.6. The fourth-order valence-electron chi connectivity index (χ4n) is 2.40. The van der Waals surface area contributed by atoms with Gasteiger partial charge >= 0.3 is 0 Å². The lowest BCUT2D eigenvalue weighted by atomic mass is 10.2. The van der Waals surface area contributed by atoms with Gasteiger partial charge in [-0.25, -0.2) is 13.1 Å². The molecule has 0 saturated heterocycles. The first-order valence-corrected chi connectivity index (χ1v) is 10.3. The summed E-state index contributed by atoms with van der Waals surface area (Å²) < 4.78 is 32.8. The second kappa shape index (κ2) is 7.15. The Morgan fingerprint density at radius 2 is 2.08 bits per heavy atom. The number of methoxy groups -OCH3 is 1. The van der Waals surface area contributed by atoms with Gasteiger partial charge in [0.05, 0.1) is 13.2 Å². The van der Waals surface area contributed by atoms with Crippen molar-refractivity contribution < 1.29 is 17.9 Å². The average molecular weight is 380 g/mol. The van der Waals surface area contributed by atoms with E-state index in [2.05, 4.69) is 10.0 Å². The molecule has 1 atom stereocenters. The van der Waals surface area contributed by atoms with E-state index >= 15 is 0 Å². The molecule has 25 heavy (non-hydrogen) atoms.